The molecule has 1 rings (SSSR count). The van der Waals surface area contributed by atoms with Gasteiger partial charge in [-0.3, -0.25) is 0 Å². The Morgan fingerprint density at radius 2 is 1.95 bits per heavy atom. The summed E-state index contributed by atoms with van der Waals surface area (Å²) in [5, 5.41) is 23.1. The first-order valence-electron chi connectivity index (χ1n) is 6.66. The van der Waals surface area contributed by atoms with Crippen LogP contribution in [-0.2, 0) is 11.3 Å². The van der Waals surface area contributed by atoms with E-state index in [1.165, 1.54) is 0 Å². The van der Waals surface area contributed by atoms with E-state index < -0.39 is 6.10 Å². The molecule has 0 spiro atoms. The predicted molar refractivity (Wildman–Crippen MR) is 83.4 cm³/mol. The first-order chi connectivity index (χ1) is 8.83. The number of nitrogens with one attached hydrogen (secondary N) is 1. The van der Waals surface area contributed by atoms with Crippen molar-refractivity contribution in [1.29, 1.82) is 0 Å². The number of hydrogen-bond donors (Lipinski definition) is 3. The third kappa shape index (κ3) is 6.57. The second-order valence-electron chi connectivity index (χ2n) is 5.67. The fourth-order valence-corrected chi connectivity index (χ4v) is 1.66. The Balaban J connectivity index is 0.00000361. The Hall–Kier alpha value is -0.810. The van der Waals surface area contributed by atoms with E-state index in [1.54, 1.807) is 18.2 Å². The molecule has 116 valence electrons. The van der Waals surface area contributed by atoms with Gasteiger partial charge in [-0.1, -0.05) is 6.07 Å². The molecular formula is C15H26ClNO3. The van der Waals surface area contributed by atoms with E-state index in [0.29, 0.717) is 25.3 Å². The Morgan fingerprint density at radius 3 is 2.50 bits per heavy atom. The summed E-state index contributed by atoms with van der Waals surface area (Å²) in [6.45, 7) is 9.49. The minimum atomic E-state index is -0.597. The molecular weight excluding hydrogens is 278 g/mol. The second kappa shape index (κ2) is 8.47. The summed E-state index contributed by atoms with van der Waals surface area (Å²) < 4.78 is 5.29. The van der Waals surface area contributed by atoms with E-state index in [-0.39, 0.29) is 23.7 Å². The number of aliphatic hydroxyl groups is 1. The lowest BCUT2D eigenvalue weighted by Gasteiger charge is -2.23. The molecule has 0 saturated carbocycles. The van der Waals surface area contributed by atoms with Gasteiger partial charge in [0.15, 0.2) is 0 Å². The van der Waals surface area contributed by atoms with E-state index in [2.05, 4.69) is 26.1 Å². The van der Waals surface area contributed by atoms with Crippen LogP contribution in [0.15, 0.2) is 18.2 Å². The van der Waals surface area contributed by atoms with Crippen LogP contribution in [-0.4, -0.2) is 28.9 Å². The number of benzene rings is 1. The molecule has 1 atom stereocenters. The van der Waals surface area contributed by atoms with Crippen LogP contribution in [0.5, 0.6) is 5.75 Å². The van der Waals surface area contributed by atoms with Gasteiger partial charge in [0.2, 0.25) is 0 Å². The molecule has 0 heterocycles. The summed E-state index contributed by atoms with van der Waals surface area (Å²) in [6.07, 6.45) is -0.597. The molecule has 3 N–H and O–H groups in total. The maximum absolute atomic E-state index is 10.1. The third-order valence-corrected chi connectivity index (χ3v) is 2.78. The van der Waals surface area contributed by atoms with Crippen molar-refractivity contribution in [2.24, 2.45) is 0 Å². The first kappa shape index (κ1) is 19.2. The summed E-state index contributed by atoms with van der Waals surface area (Å²) in [6, 6.07) is 5.13. The highest BCUT2D eigenvalue weighted by Gasteiger charge is 2.14. The zero-order chi connectivity index (χ0) is 14.5. The van der Waals surface area contributed by atoms with Gasteiger partial charge in [-0.2, -0.15) is 0 Å². The van der Waals surface area contributed by atoms with Crippen LogP contribution in [0.25, 0.3) is 0 Å². The number of rotatable bonds is 6. The van der Waals surface area contributed by atoms with Gasteiger partial charge in [0.1, 0.15) is 5.75 Å². The number of hydrogen-bond acceptors (Lipinski definition) is 4. The monoisotopic (exact) mass is 303 g/mol. The molecule has 0 aliphatic rings. The number of phenols is 1. The number of phenolic OH excluding ortho intramolecular Hbond substituents is 1. The summed E-state index contributed by atoms with van der Waals surface area (Å²) in [4.78, 5) is 0. The van der Waals surface area contributed by atoms with Crippen molar-refractivity contribution in [3.05, 3.63) is 29.3 Å². The summed E-state index contributed by atoms with van der Waals surface area (Å²) >= 11 is 0. The minimum Gasteiger partial charge on any atom is -0.508 e. The molecule has 4 nitrogen and oxygen atoms in total. The number of aromatic hydroxyl groups is 1. The van der Waals surface area contributed by atoms with Crippen molar-refractivity contribution in [2.45, 2.75) is 45.9 Å². The van der Waals surface area contributed by atoms with Crippen LogP contribution < -0.4 is 5.32 Å². The molecule has 0 bridgehead atoms. The average Bonchev–Trinajstić information content (AvgIpc) is 2.34. The fourth-order valence-electron chi connectivity index (χ4n) is 1.66. The molecule has 5 heteroatoms. The van der Waals surface area contributed by atoms with Crippen LogP contribution in [0.3, 0.4) is 0 Å². The van der Waals surface area contributed by atoms with E-state index in [1.807, 2.05) is 6.92 Å². The van der Waals surface area contributed by atoms with Gasteiger partial charge in [0.25, 0.3) is 0 Å². The smallest absolute Gasteiger partial charge is 0.121 e. The Morgan fingerprint density at radius 1 is 1.30 bits per heavy atom. The Bertz CT molecular complexity index is 405. The third-order valence-electron chi connectivity index (χ3n) is 2.78. The summed E-state index contributed by atoms with van der Waals surface area (Å²) in [5.74, 6) is 0.202. The van der Waals surface area contributed by atoms with Crippen molar-refractivity contribution < 1.29 is 14.9 Å². The molecule has 1 aromatic rings. The number of aliphatic hydroxyl groups excluding tert-OH is 1. The van der Waals surface area contributed by atoms with Crippen molar-refractivity contribution in [3.63, 3.8) is 0 Å². The number of halogens is 1. The molecule has 0 saturated heterocycles. The molecule has 0 aromatic heterocycles. The largest absolute Gasteiger partial charge is 0.508 e. The fraction of sp³-hybridized carbons (Fsp3) is 0.600. The number of β-amino-alcohol motifs (C(OH)–C–C–N with tert-alkyl or cyclic N) is 1. The van der Waals surface area contributed by atoms with E-state index in [9.17, 15) is 10.2 Å². The summed E-state index contributed by atoms with van der Waals surface area (Å²) in [7, 11) is 0. The first-order valence-corrected chi connectivity index (χ1v) is 6.66. The van der Waals surface area contributed by atoms with Crippen molar-refractivity contribution in [1.82, 2.24) is 5.32 Å². The molecule has 0 aliphatic carbocycles. The van der Waals surface area contributed by atoms with Crippen molar-refractivity contribution >= 4 is 12.4 Å². The van der Waals surface area contributed by atoms with Gasteiger partial charge in [-0.15, -0.1) is 12.4 Å². The van der Waals surface area contributed by atoms with Crippen LogP contribution in [0.1, 0.15) is 44.9 Å². The van der Waals surface area contributed by atoms with Crippen LogP contribution in [0.2, 0.25) is 0 Å². The van der Waals surface area contributed by atoms with Gasteiger partial charge in [0, 0.05) is 24.3 Å². The van der Waals surface area contributed by atoms with E-state index in [0.717, 1.165) is 5.56 Å². The highest BCUT2D eigenvalue weighted by Crippen LogP contribution is 2.23. The summed E-state index contributed by atoms with van der Waals surface area (Å²) in [5.41, 5.74) is 1.45. The van der Waals surface area contributed by atoms with E-state index in [4.69, 9.17) is 4.74 Å². The lowest BCUT2D eigenvalue weighted by molar-refractivity contribution is 0.131. The van der Waals surface area contributed by atoms with Crippen LogP contribution in [0, 0.1) is 0 Å². The molecule has 1 unspecified atom stereocenters. The van der Waals surface area contributed by atoms with E-state index >= 15 is 0 Å². The van der Waals surface area contributed by atoms with Crippen LogP contribution in [0.4, 0.5) is 0 Å². The lowest BCUT2D eigenvalue weighted by Crippen LogP contribution is -2.38. The molecule has 0 fully saturated rings. The molecule has 20 heavy (non-hydrogen) atoms. The van der Waals surface area contributed by atoms with Gasteiger partial charge >= 0.3 is 0 Å². The zero-order valence-corrected chi connectivity index (χ0v) is 13.5. The van der Waals surface area contributed by atoms with Gasteiger partial charge in [-0.05, 0) is 45.4 Å². The average molecular weight is 304 g/mol. The molecule has 1 aromatic carbocycles. The standard InChI is InChI=1S/C15H25NO3.ClH/c1-5-19-10-12-8-11(6-7-13(12)17)14(18)9-16-15(2,3)4;/h6-8,14,16-18H,5,9-10H2,1-4H3;1H. The quantitative estimate of drug-likeness (QED) is 0.756. The van der Waals surface area contributed by atoms with Crippen molar-refractivity contribution in [2.75, 3.05) is 13.2 Å². The SMILES string of the molecule is CCOCc1cc(C(O)CNC(C)(C)C)ccc1O.Cl. The number of ether oxygens (including phenoxy) is 1. The highest BCUT2D eigenvalue weighted by molar-refractivity contribution is 5.85. The Kier molecular flexibility index (Phi) is 8.13. The maximum atomic E-state index is 10.1. The topological polar surface area (TPSA) is 61.7 Å². The maximum Gasteiger partial charge on any atom is 0.121 e. The van der Waals surface area contributed by atoms with Crippen LogP contribution >= 0.6 is 12.4 Å². The second-order valence-corrected chi connectivity index (χ2v) is 5.67. The van der Waals surface area contributed by atoms with Gasteiger partial charge in [0.05, 0.1) is 12.7 Å². The lowest BCUT2D eigenvalue weighted by atomic mass is 10.0. The molecule has 0 amide bonds. The highest BCUT2D eigenvalue weighted by atomic mass is 35.5. The minimum absolute atomic E-state index is 0. The molecule has 0 radical (unpaired) electrons. The predicted octanol–water partition coefficient (Wildman–Crippen LogP) is 2.77. The van der Waals surface area contributed by atoms with Gasteiger partial charge < -0.3 is 20.3 Å². The molecule has 0 aliphatic heterocycles. The van der Waals surface area contributed by atoms with Crippen molar-refractivity contribution in [3.8, 4) is 5.75 Å². The zero-order valence-electron chi connectivity index (χ0n) is 12.6. The normalized spacial score (nSPS) is 12.8. The van der Waals surface area contributed by atoms with Gasteiger partial charge in [-0.25, -0.2) is 0 Å². The Labute approximate surface area is 127 Å².